The molecule has 214 valence electrons. The number of hydrogen-bond acceptors (Lipinski definition) is 7. The van der Waals surface area contributed by atoms with E-state index in [1.54, 1.807) is 36.4 Å². The molecule has 2 N–H and O–H groups in total. The van der Waals surface area contributed by atoms with Gasteiger partial charge in [0.2, 0.25) is 5.67 Å². The summed E-state index contributed by atoms with van der Waals surface area (Å²) in [7, 11) is 0. The molecule has 0 amide bonds. The predicted octanol–water partition coefficient (Wildman–Crippen LogP) is 6.86. The Kier molecular flexibility index (Phi) is 12.0. The SMILES string of the molecule is CCN(CC)Cc1cc(C(=O)OCCSCCOC(=O)C(C)(F)c2ccc(-c3ccccc3)cc2)cc(Br)c1N. The second kappa shape index (κ2) is 15.2. The van der Waals surface area contributed by atoms with E-state index in [4.69, 9.17) is 15.2 Å². The first-order chi connectivity index (χ1) is 19.2. The molecular formula is C31H36BrFN2O4S. The molecule has 1 atom stereocenters. The minimum Gasteiger partial charge on any atom is -0.462 e. The number of carbonyl (C=O) groups excluding carboxylic acids is 2. The highest BCUT2D eigenvalue weighted by molar-refractivity contribution is 9.10. The molecule has 3 rings (SSSR count). The summed E-state index contributed by atoms with van der Waals surface area (Å²) in [6.07, 6.45) is 0. The van der Waals surface area contributed by atoms with Crippen molar-refractivity contribution in [2.24, 2.45) is 0 Å². The second-order valence-corrected chi connectivity index (χ2v) is 11.4. The molecule has 6 nitrogen and oxygen atoms in total. The average molecular weight is 632 g/mol. The van der Waals surface area contributed by atoms with E-state index in [1.165, 1.54) is 18.7 Å². The van der Waals surface area contributed by atoms with Gasteiger partial charge in [0.25, 0.3) is 0 Å². The molecule has 9 heteroatoms. The summed E-state index contributed by atoms with van der Waals surface area (Å²) < 4.78 is 26.5. The number of thioether (sulfide) groups is 1. The average Bonchev–Trinajstić information content (AvgIpc) is 2.97. The molecule has 0 radical (unpaired) electrons. The van der Waals surface area contributed by atoms with Gasteiger partial charge >= 0.3 is 11.9 Å². The normalized spacial score (nSPS) is 12.7. The molecule has 0 aliphatic rings. The first-order valence-corrected chi connectivity index (χ1v) is 15.2. The molecule has 0 saturated heterocycles. The fourth-order valence-electron chi connectivity index (χ4n) is 4.04. The maximum atomic E-state index is 15.3. The van der Waals surface area contributed by atoms with Crippen LogP contribution in [0.1, 0.15) is 42.3 Å². The molecule has 3 aromatic rings. The minimum atomic E-state index is -2.26. The Balaban J connectivity index is 1.40. The zero-order chi connectivity index (χ0) is 29.1. The highest BCUT2D eigenvalue weighted by Gasteiger charge is 2.37. The fourth-order valence-corrected chi connectivity index (χ4v) is 5.15. The lowest BCUT2D eigenvalue weighted by Gasteiger charge is -2.20. The Labute approximate surface area is 248 Å². The number of halogens is 2. The van der Waals surface area contributed by atoms with Gasteiger partial charge in [-0.05, 0) is 64.8 Å². The molecule has 0 saturated carbocycles. The Hall–Kier alpha value is -2.88. The molecule has 3 aromatic carbocycles. The number of hydrogen-bond donors (Lipinski definition) is 1. The van der Waals surface area contributed by atoms with Gasteiger partial charge in [0, 0.05) is 28.1 Å². The van der Waals surface area contributed by atoms with Crippen molar-refractivity contribution in [2.45, 2.75) is 33.0 Å². The highest BCUT2D eigenvalue weighted by atomic mass is 79.9. The molecule has 0 fully saturated rings. The van der Waals surface area contributed by atoms with Gasteiger partial charge in [-0.1, -0.05) is 68.4 Å². The summed E-state index contributed by atoms with van der Waals surface area (Å²) in [5.41, 5.74) is 8.05. The predicted molar refractivity (Wildman–Crippen MR) is 164 cm³/mol. The second-order valence-electron chi connectivity index (χ2n) is 9.32. The van der Waals surface area contributed by atoms with Crippen molar-refractivity contribution in [1.82, 2.24) is 4.90 Å². The lowest BCUT2D eigenvalue weighted by atomic mass is 9.95. The Morgan fingerprint density at radius 3 is 2.17 bits per heavy atom. The van der Waals surface area contributed by atoms with E-state index < -0.39 is 17.6 Å². The van der Waals surface area contributed by atoms with Crippen LogP contribution in [-0.2, 0) is 26.5 Å². The third-order valence-corrected chi connectivity index (χ3v) is 8.15. The van der Waals surface area contributed by atoms with E-state index in [1.807, 2.05) is 30.3 Å². The van der Waals surface area contributed by atoms with Crippen molar-refractivity contribution in [3.8, 4) is 11.1 Å². The van der Waals surface area contributed by atoms with Gasteiger partial charge in [0.1, 0.15) is 13.2 Å². The Morgan fingerprint density at radius 1 is 0.950 bits per heavy atom. The third-order valence-electron chi connectivity index (χ3n) is 6.58. The standard InChI is InChI=1S/C31H36BrFN2O4S/c1-4-35(5-2)21-25-19-24(20-27(32)28(25)34)29(36)38-15-17-40-18-16-39-30(37)31(3,33)26-13-11-23(12-14-26)22-9-7-6-8-10-22/h6-14,19-20H,4-5,15-18,21,34H2,1-3H3. The Bertz CT molecular complexity index is 1270. The first-order valence-electron chi connectivity index (χ1n) is 13.2. The van der Waals surface area contributed by atoms with Gasteiger partial charge < -0.3 is 15.2 Å². The largest absolute Gasteiger partial charge is 0.462 e. The number of benzene rings is 3. The van der Waals surface area contributed by atoms with Crippen LogP contribution in [0.4, 0.5) is 10.1 Å². The summed E-state index contributed by atoms with van der Waals surface area (Å²) >= 11 is 4.89. The number of carbonyl (C=O) groups is 2. The van der Waals surface area contributed by atoms with Crippen molar-refractivity contribution in [3.63, 3.8) is 0 Å². The van der Waals surface area contributed by atoms with Crippen LogP contribution >= 0.6 is 27.7 Å². The number of esters is 2. The van der Waals surface area contributed by atoms with E-state index in [2.05, 4.69) is 34.7 Å². The van der Waals surface area contributed by atoms with Crippen molar-refractivity contribution in [1.29, 1.82) is 0 Å². The third kappa shape index (κ3) is 8.56. The van der Waals surface area contributed by atoms with Crippen LogP contribution < -0.4 is 5.73 Å². The van der Waals surface area contributed by atoms with Gasteiger partial charge in [-0.15, -0.1) is 0 Å². The van der Waals surface area contributed by atoms with Crippen LogP contribution in [-0.4, -0.2) is 54.6 Å². The summed E-state index contributed by atoms with van der Waals surface area (Å²) in [5.74, 6) is -0.394. The molecule has 1 unspecified atom stereocenters. The summed E-state index contributed by atoms with van der Waals surface area (Å²) in [6.45, 7) is 8.01. The first kappa shape index (κ1) is 31.6. The quantitative estimate of drug-likeness (QED) is 0.118. The molecule has 0 spiro atoms. The molecule has 0 aliphatic heterocycles. The van der Waals surface area contributed by atoms with E-state index in [0.29, 0.717) is 33.8 Å². The number of alkyl halides is 1. The number of nitrogens with two attached hydrogens (primary N) is 1. The Morgan fingerprint density at radius 2 is 1.55 bits per heavy atom. The molecule has 0 heterocycles. The monoisotopic (exact) mass is 630 g/mol. The summed E-state index contributed by atoms with van der Waals surface area (Å²) in [4.78, 5) is 27.3. The van der Waals surface area contributed by atoms with Crippen molar-refractivity contribution < 1.29 is 23.5 Å². The molecule has 0 bridgehead atoms. The topological polar surface area (TPSA) is 81.9 Å². The molecule has 0 aromatic heterocycles. The maximum Gasteiger partial charge on any atom is 0.348 e. The number of nitrogens with zero attached hydrogens (tertiary/aromatic N) is 1. The van der Waals surface area contributed by atoms with Gasteiger partial charge in [-0.25, -0.2) is 14.0 Å². The van der Waals surface area contributed by atoms with Crippen LogP contribution in [0.15, 0.2) is 71.2 Å². The summed E-state index contributed by atoms with van der Waals surface area (Å²) in [6, 6.07) is 20.0. The van der Waals surface area contributed by atoms with Crippen LogP contribution in [0.2, 0.25) is 0 Å². The van der Waals surface area contributed by atoms with Crippen LogP contribution in [0.5, 0.6) is 0 Å². The zero-order valence-electron chi connectivity index (χ0n) is 23.1. The smallest absolute Gasteiger partial charge is 0.348 e. The lowest BCUT2D eigenvalue weighted by Crippen LogP contribution is -2.30. The lowest BCUT2D eigenvalue weighted by molar-refractivity contribution is -0.156. The van der Waals surface area contributed by atoms with E-state index in [0.717, 1.165) is 29.8 Å². The van der Waals surface area contributed by atoms with Crippen LogP contribution in [0.25, 0.3) is 11.1 Å². The van der Waals surface area contributed by atoms with Crippen molar-refractivity contribution in [2.75, 3.05) is 43.5 Å². The number of anilines is 1. The van der Waals surface area contributed by atoms with E-state index in [-0.39, 0.29) is 18.8 Å². The van der Waals surface area contributed by atoms with Crippen molar-refractivity contribution in [3.05, 3.63) is 87.9 Å². The maximum absolute atomic E-state index is 15.3. The minimum absolute atomic E-state index is 0.0542. The van der Waals surface area contributed by atoms with Crippen LogP contribution in [0, 0.1) is 0 Å². The summed E-state index contributed by atoms with van der Waals surface area (Å²) in [5, 5.41) is 0. The zero-order valence-corrected chi connectivity index (χ0v) is 25.5. The highest BCUT2D eigenvalue weighted by Crippen LogP contribution is 2.30. The van der Waals surface area contributed by atoms with Gasteiger partial charge in [0.05, 0.1) is 11.3 Å². The number of nitrogen functional groups attached to an aromatic ring is 1. The molecule has 0 aliphatic carbocycles. The van der Waals surface area contributed by atoms with Gasteiger partial charge in [-0.2, -0.15) is 11.8 Å². The fraction of sp³-hybridized carbons (Fsp3) is 0.355. The molecular weight excluding hydrogens is 595 g/mol. The molecule has 40 heavy (non-hydrogen) atoms. The van der Waals surface area contributed by atoms with Crippen molar-refractivity contribution >= 4 is 45.3 Å². The number of ether oxygens (including phenoxy) is 2. The van der Waals surface area contributed by atoms with Gasteiger partial charge in [-0.3, -0.25) is 4.90 Å². The van der Waals surface area contributed by atoms with E-state index >= 15 is 4.39 Å². The van der Waals surface area contributed by atoms with E-state index in [9.17, 15) is 9.59 Å². The van der Waals surface area contributed by atoms with Gasteiger partial charge in [0.15, 0.2) is 0 Å². The van der Waals surface area contributed by atoms with Crippen LogP contribution in [0.3, 0.4) is 0 Å². The number of rotatable bonds is 14.